The molecule has 234 valence electrons. The molecule has 0 fully saturated rings. The Labute approximate surface area is 288 Å². The van der Waals surface area contributed by atoms with Crippen LogP contribution in [0.25, 0.3) is 54.6 Å². The van der Waals surface area contributed by atoms with Gasteiger partial charge in [0.1, 0.15) is 0 Å². The summed E-state index contributed by atoms with van der Waals surface area (Å²) in [5.74, 6) is 0. The summed E-state index contributed by atoms with van der Waals surface area (Å²) < 4.78 is 0. The number of benzene rings is 8. The highest BCUT2D eigenvalue weighted by Gasteiger charge is 2.39. The maximum Gasteiger partial charge on any atom is 0.0546 e. The number of anilines is 3. The average Bonchev–Trinajstić information content (AvgIpc) is 3.51. The standard InChI is InChI=1S/C48H37N/c1-47(2)40-21-12-10-19-38(40)46-41(47)22-13-23-43(46)49(32-26-27-35-34-16-9-11-20-39(34)48(3,4)42(35)29-32)44-28-31-25-24-30-14-5-6-15-33(30)45(31)37-18-8-7-17-36(37)44/h5-29H,1-4H3. The quantitative estimate of drug-likeness (QED) is 0.176. The molecule has 10 rings (SSSR count). The molecule has 8 aromatic carbocycles. The monoisotopic (exact) mass is 627 g/mol. The third kappa shape index (κ3) is 3.82. The molecule has 0 radical (unpaired) electrons. The fourth-order valence-corrected chi connectivity index (χ4v) is 9.20. The second kappa shape index (κ2) is 9.94. The second-order valence-electron chi connectivity index (χ2n) is 14.9. The molecule has 0 spiro atoms. The lowest BCUT2D eigenvalue weighted by molar-refractivity contribution is 0.660. The number of hydrogen-bond acceptors (Lipinski definition) is 1. The third-order valence-electron chi connectivity index (χ3n) is 11.6. The zero-order valence-electron chi connectivity index (χ0n) is 28.4. The Morgan fingerprint density at radius 2 is 0.980 bits per heavy atom. The highest BCUT2D eigenvalue weighted by atomic mass is 15.1. The van der Waals surface area contributed by atoms with Gasteiger partial charge < -0.3 is 4.90 Å². The van der Waals surface area contributed by atoms with Crippen LogP contribution in [0.5, 0.6) is 0 Å². The van der Waals surface area contributed by atoms with Gasteiger partial charge in [-0.1, -0.05) is 155 Å². The van der Waals surface area contributed by atoms with Crippen molar-refractivity contribution in [2.45, 2.75) is 38.5 Å². The van der Waals surface area contributed by atoms with Crippen molar-refractivity contribution in [3.05, 3.63) is 174 Å². The zero-order chi connectivity index (χ0) is 33.1. The number of hydrogen-bond donors (Lipinski definition) is 0. The molecular weight excluding hydrogens is 591 g/mol. The second-order valence-corrected chi connectivity index (χ2v) is 14.9. The fourth-order valence-electron chi connectivity index (χ4n) is 9.20. The minimum absolute atomic E-state index is 0.0977. The van der Waals surface area contributed by atoms with Crippen LogP contribution in [0.3, 0.4) is 0 Å². The molecule has 8 aromatic rings. The molecule has 0 aliphatic heterocycles. The first-order chi connectivity index (χ1) is 23.8. The van der Waals surface area contributed by atoms with Gasteiger partial charge >= 0.3 is 0 Å². The van der Waals surface area contributed by atoms with Gasteiger partial charge in [0.05, 0.1) is 11.4 Å². The first-order valence-corrected chi connectivity index (χ1v) is 17.5. The molecule has 0 saturated carbocycles. The predicted octanol–water partition coefficient (Wildman–Crippen LogP) is 13.2. The summed E-state index contributed by atoms with van der Waals surface area (Å²) in [4.78, 5) is 2.56. The van der Waals surface area contributed by atoms with Crippen molar-refractivity contribution >= 4 is 49.4 Å². The minimum atomic E-state index is -0.106. The summed E-state index contributed by atoms with van der Waals surface area (Å²) >= 11 is 0. The van der Waals surface area contributed by atoms with Gasteiger partial charge in [-0.25, -0.2) is 0 Å². The van der Waals surface area contributed by atoms with Crippen molar-refractivity contribution in [3.8, 4) is 22.3 Å². The Bertz CT molecular complexity index is 2670. The SMILES string of the molecule is CC1(C)c2ccccc2-c2ccc(N(c3cccc4c3-c3ccccc3C4(C)C)c3cc4ccc5ccccc5c4c4ccccc34)cc21. The highest BCUT2D eigenvalue weighted by molar-refractivity contribution is 6.24. The van der Waals surface area contributed by atoms with Gasteiger partial charge in [0, 0.05) is 27.5 Å². The van der Waals surface area contributed by atoms with Crippen molar-refractivity contribution in [1.82, 2.24) is 0 Å². The summed E-state index contributed by atoms with van der Waals surface area (Å²) in [7, 11) is 0. The van der Waals surface area contributed by atoms with E-state index in [0.717, 1.165) is 0 Å². The smallest absolute Gasteiger partial charge is 0.0546 e. The lowest BCUT2D eigenvalue weighted by atomic mass is 9.82. The van der Waals surface area contributed by atoms with Crippen LogP contribution in [0, 0.1) is 0 Å². The topological polar surface area (TPSA) is 3.24 Å². The van der Waals surface area contributed by atoms with E-state index in [1.165, 1.54) is 93.9 Å². The van der Waals surface area contributed by atoms with E-state index < -0.39 is 0 Å². The van der Waals surface area contributed by atoms with E-state index in [1.807, 2.05) is 0 Å². The van der Waals surface area contributed by atoms with E-state index in [2.05, 4.69) is 184 Å². The van der Waals surface area contributed by atoms with Crippen LogP contribution < -0.4 is 4.90 Å². The van der Waals surface area contributed by atoms with Crippen LogP contribution in [-0.2, 0) is 10.8 Å². The maximum absolute atomic E-state index is 2.56. The summed E-state index contributed by atoms with van der Waals surface area (Å²) in [5, 5.41) is 7.65. The van der Waals surface area contributed by atoms with Gasteiger partial charge in [-0.05, 0) is 90.1 Å². The Kier molecular flexibility index (Phi) is 5.75. The van der Waals surface area contributed by atoms with Gasteiger partial charge in [-0.15, -0.1) is 0 Å². The number of nitrogens with zero attached hydrogens (tertiary/aromatic N) is 1. The van der Waals surface area contributed by atoms with Gasteiger partial charge in [0.2, 0.25) is 0 Å². The van der Waals surface area contributed by atoms with Crippen LogP contribution in [0.4, 0.5) is 17.1 Å². The van der Waals surface area contributed by atoms with Gasteiger partial charge in [0.15, 0.2) is 0 Å². The fraction of sp³-hybridized carbons (Fsp3) is 0.125. The number of fused-ring (bicyclic) bond motifs is 11. The lowest BCUT2D eigenvalue weighted by Gasteiger charge is -2.31. The number of rotatable bonds is 3. The predicted molar refractivity (Wildman–Crippen MR) is 209 cm³/mol. The van der Waals surface area contributed by atoms with E-state index in [9.17, 15) is 0 Å². The Morgan fingerprint density at radius 1 is 0.388 bits per heavy atom. The molecule has 0 saturated heterocycles. The van der Waals surface area contributed by atoms with Crippen LogP contribution in [0.2, 0.25) is 0 Å². The molecule has 0 aromatic heterocycles. The zero-order valence-corrected chi connectivity index (χ0v) is 28.4. The van der Waals surface area contributed by atoms with Crippen LogP contribution in [0.1, 0.15) is 49.9 Å². The third-order valence-corrected chi connectivity index (χ3v) is 11.6. The molecule has 0 heterocycles. The molecule has 0 bridgehead atoms. The molecular formula is C48H37N. The Hall–Kier alpha value is -5.66. The maximum atomic E-state index is 2.56. The molecule has 1 heteroatoms. The van der Waals surface area contributed by atoms with Crippen molar-refractivity contribution in [2.24, 2.45) is 0 Å². The van der Waals surface area contributed by atoms with Crippen LogP contribution in [0.15, 0.2) is 152 Å². The molecule has 0 amide bonds. The molecule has 49 heavy (non-hydrogen) atoms. The van der Waals surface area contributed by atoms with Crippen molar-refractivity contribution in [2.75, 3.05) is 4.90 Å². The van der Waals surface area contributed by atoms with Crippen molar-refractivity contribution < 1.29 is 0 Å². The highest BCUT2D eigenvalue weighted by Crippen LogP contribution is 2.56. The first-order valence-electron chi connectivity index (χ1n) is 17.5. The average molecular weight is 628 g/mol. The molecule has 1 nitrogen and oxygen atoms in total. The summed E-state index contributed by atoms with van der Waals surface area (Å²) in [6, 6.07) is 56.9. The van der Waals surface area contributed by atoms with E-state index in [0.29, 0.717) is 0 Å². The molecule has 0 unspecified atom stereocenters. The summed E-state index contributed by atoms with van der Waals surface area (Å²) in [5.41, 5.74) is 14.3. The lowest BCUT2D eigenvalue weighted by Crippen LogP contribution is -2.17. The summed E-state index contributed by atoms with van der Waals surface area (Å²) in [6.45, 7) is 9.50. The minimum Gasteiger partial charge on any atom is -0.309 e. The van der Waals surface area contributed by atoms with E-state index in [-0.39, 0.29) is 10.8 Å². The van der Waals surface area contributed by atoms with Crippen molar-refractivity contribution in [1.29, 1.82) is 0 Å². The summed E-state index contributed by atoms with van der Waals surface area (Å²) in [6.07, 6.45) is 0. The Balaban J connectivity index is 1.32. The molecule has 0 atom stereocenters. The normalized spacial score (nSPS) is 14.9. The molecule has 2 aliphatic carbocycles. The van der Waals surface area contributed by atoms with Crippen LogP contribution >= 0.6 is 0 Å². The van der Waals surface area contributed by atoms with Gasteiger partial charge in [0.25, 0.3) is 0 Å². The Morgan fingerprint density at radius 3 is 1.80 bits per heavy atom. The van der Waals surface area contributed by atoms with Gasteiger partial charge in [-0.2, -0.15) is 0 Å². The van der Waals surface area contributed by atoms with E-state index in [1.54, 1.807) is 0 Å². The molecule has 0 N–H and O–H groups in total. The van der Waals surface area contributed by atoms with E-state index >= 15 is 0 Å². The van der Waals surface area contributed by atoms with Crippen molar-refractivity contribution in [3.63, 3.8) is 0 Å². The van der Waals surface area contributed by atoms with Crippen LogP contribution in [-0.4, -0.2) is 0 Å². The largest absolute Gasteiger partial charge is 0.309 e. The first kappa shape index (κ1) is 28.4. The van der Waals surface area contributed by atoms with E-state index in [4.69, 9.17) is 0 Å². The van der Waals surface area contributed by atoms with Gasteiger partial charge in [-0.3, -0.25) is 0 Å². The molecule has 2 aliphatic rings.